The van der Waals surface area contributed by atoms with Crippen LogP contribution in [0.3, 0.4) is 0 Å². The smallest absolute Gasteiger partial charge is 0.258 e. The summed E-state index contributed by atoms with van der Waals surface area (Å²) in [5.41, 5.74) is 3.02. The molecular weight excluding hydrogens is 300 g/mol. The van der Waals surface area contributed by atoms with Gasteiger partial charge in [-0.05, 0) is 52.7 Å². The van der Waals surface area contributed by atoms with E-state index in [1.807, 2.05) is 6.07 Å². The van der Waals surface area contributed by atoms with Crippen molar-refractivity contribution < 1.29 is 9.16 Å². The van der Waals surface area contributed by atoms with Crippen LogP contribution in [0.25, 0.3) is 0 Å². The van der Waals surface area contributed by atoms with Crippen molar-refractivity contribution in [2.75, 3.05) is 7.11 Å². The van der Waals surface area contributed by atoms with E-state index >= 15 is 0 Å². The first-order chi connectivity index (χ1) is 10.6. The van der Waals surface area contributed by atoms with Gasteiger partial charge in [0.25, 0.3) is 8.32 Å². The molecule has 0 atom stereocenters. The van der Waals surface area contributed by atoms with E-state index in [0.29, 0.717) is 22.5 Å². The van der Waals surface area contributed by atoms with Crippen LogP contribution >= 0.6 is 0 Å². The van der Waals surface area contributed by atoms with Crippen molar-refractivity contribution in [3.05, 3.63) is 23.8 Å². The predicted molar refractivity (Wildman–Crippen MR) is 103 cm³/mol. The van der Waals surface area contributed by atoms with E-state index in [-0.39, 0.29) is 0 Å². The Morgan fingerprint density at radius 1 is 0.870 bits per heavy atom. The Hall–Kier alpha value is -0.963. The summed E-state index contributed by atoms with van der Waals surface area (Å²) >= 11 is 0. The van der Waals surface area contributed by atoms with Gasteiger partial charge in [0.05, 0.1) is 7.11 Å². The van der Waals surface area contributed by atoms with Gasteiger partial charge in [-0.1, -0.05) is 55.4 Å². The van der Waals surface area contributed by atoms with Crippen molar-refractivity contribution in [2.24, 2.45) is 5.92 Å². The maximum absolute atomic E-state index is 6.90. The molecule has 0 spiro atoms. The fourth-order valence-electron chi connectivity index (χ4n) is 3.93. The summed E-state index contributed by atoms with van der Waals surface area (Å²) in [5.74, 6) is 2.58. The Bertz CT molecular complexity index is 471. The van der Waals surface area contributed by atoms with Gasteiger partial charge in [-0.25, -0.2) is 0 Å². The molecule has 0 heterocycles. The SMILES string of the molecule is COc1ccc(O[Si](C(C)C)(C(C)C)C(C)C)c(CC(C)C)c1. The molecule has 0 saturated heterocycles. The number of hydrogen-bond donors (Lipinski definition) is 0. The van der Waals surface area contributed by atoms with Gasteiger partial charge in [-0.3, -0.25) is 0 Å². The minimum atomic E-state index is -1.92. The second-order valence-electron chi connectivity index (χ2n) is 7.99. The normalized spacial score (nSPS) is 12.6. The average molecular weight is 337 g/mol. The lowest BCUT2D eigenvalue weighted by Crippen LogP contribution is -2.50. The molecule has 3 heteroatoms. The van der Waals surface area contributed by atoms with Gasteiger partial charge in [-0.2, -0.15) is 0 Å². The summed E-state index contributed by atoms with van der Waals surface area (Å²) in [5, 5.41) is 0. The van der Waals surface area contributed by atoms with E-state index in [1.54, 1.807) is 7.11 Å². The molecule has 0 fully saturated rings. The number of methoxy groups -OCH3 is 1. The lowest BCUT2D eigenvalue weighted by atomic mass is 10.0. The summed E-state index contributed by atoms with van der Waals surface area (Å²) in [6, 6.07) is 6.29. The summed E-state index contributed by atoms with van der Waals surface area (Å²) in [6.07, 6.45) is 1.02. The van der Waals surface area contributed by atoms with E-state index in [9.17, 15) is 0 Å². The molecule has 1 aromatic carbocycles. The molecule has 0 amide bonds. The highest BCUT2D eigenvalue weighted by Gasteiger charge is 2.47. The van der Waals surface area contributed by atoms with Crippen LogP contribution in [0.15, 0.2) is 18.2 Å². The van der Waals surface area contributed by atoms with Gasteiger partial charge in [-0.15, -0.1) is 0 Å². The van der Waals surface area contributed by atoms with Crippen LogP contribution in [0.2, 0.25) is 16.6 Å². The van der Waals surface area contributed by atoms with Crippen molar-refractivity contribution >= 4 is 8.32 Å². The number of benzene rings is 1. The van der Waals surface area contributed by atoms with Crippen LogP contribution < -0.4 is 9.16 Å². The number of rotatable bonds is 8. The first-order valence-corrected chi connectivity index (χ1v) is 11.1. The zero-order valence-corrected chi connectivity index (χ0v) is 17.6. The van der Waals surface area contributed by atoms with E-state index in [2.05, 4.69) is 67.5 Å². The minimum absolute atomic E-state index is 0.580. The first-order valence-electron chi connectivity index (χ1n) is 9.01. The van der Waals surface area contributed by atoms with E-state index in [0.717, 1.165) is 17.9 Å². The van der Waals surface area contributed by atoms with Gasteiger partial charge in [0, 0.05) is 0 Å². The molecule has 0 saturated carbocycles. The highest BCUT2D eigenvalue weighted by molar-refractivity contribution is 6.78. The van der Waals surface area contributed by atoms with E-state index in [4.69, 9.17) is 9.16 Å². The Kier molecular flexibility index (Phi) is 7.18. The number of hydrogen-bond acceptors (Lipinski definition) is 2. The van der Waals surface area contributed by atoms with Gasteiger partial charge >= 0.3 is 0 Å². The van der Waals surface area contributed by atoms with Gasteiger partial charge in [0.15, 0.2) is 0 Å². The van der Waals surface area contributed by atoms with Crippen LogP contribution in [0, 0.1) is 5.92 Å². The van der Waals surface area contributed by atoms with Crippen molar-refractivity contribution in [2.45, 2.75) is 78.4 Å². The Morgan fingerprint density at radius 2 is 1.39 bits per heavy atom. The summed E-state index contributed by atoms with van der Waals surface area (Å²) < 4.78 is 12.3. The van der Waals surface area contributed by atoms with Crippen molar-refractivity contribution in [3.63, 3.8) is 0 Å². The third-order valence-electron chi connectivity index (χ3n) is 4.89. The standard InChI is InChI=1S/C20H36O2Si/c1-14(2)12-18-13-19(21-9)10-11-20(18)22-23(15(3)4,16(5)6)17(7)8/h10-11,13-17H,12H2,1-9H3. The Labute approximate surface area is 144 Å². The van der Waals surface area contributed by atoms with Crippen LogP contribution in [0.1, 0.15) is 61.0 Å². The van der Waals surface area contributed by atoms with Crippen LogP contribution in [-0.4, -0.2) is 15.4 Å². The summed E-state index contributed by atoms with van der Waals surface area (Å²) in [4.78, 5) is 0. The quantitative estimate of drug-likeness (QED) is 0.508. The maximum Gasteiger partial charge on any atom is 0.258 e. The van der Waals surface area contributed by atoms with Gasteiger partial charge in [0.1, 0.15) is 11.5 Å². The molecule has 0 aliphatic carbocycles. The fourth-order valence-corrected chi connectivity index (χ4v) is 9.21. The highest BCUT2D eigenvalue weighted by Crippen LogP contribution is 2.44. The lowest BCUT2D eigenvalue weighted by Gasteiger charge is -2.42. The third kappa shape index (κ3) is 4.53. The molecule has 0 unspecified atom stereocenters. The summed E-state index contributed by atoms with van der Waals surface area (Å²) in [7, 11) is -0.193. The Balaban J connectivity index is 3.32. The van der Waals surface area contributed by atoms with Crippen LogP contribution in [0.4, 0.5) is 0 Å². The van der Waals surface area contributed by atoms with Crippen molar-refractivity contribution in [1.29, 1.82) is 0 Å². The molecule has 0 bridgehead atoms. The lowest BCUT2D eigenvalue weighted by molar-refractivity contribution is 0.411. The minimum Gasteiger partial charge on any atom is -0.543 e. The zero-order valence-electron chi connectivity index (χ0n) is 16.6. The van der Waals surface area contributed by atoms with Crippen molar-refractivity contribution in [1.82, 2.24) is 0 Å². The second kappa shape index (κ2) is 8.23. The molecule has 1 aromatic rings. The number of ether oxygens (including phenoxy) is 1. The molecule has 2 nitrogen and oxygen atoms in total. The molecule has 0 radical (unpaired) electrons. The van der Waals surface area contributed by atoms with Crippen LogP contribution in [-0.2, 0) is 6.42 Å². The Morgan fingerprint density at radius 3 is 1.78 bits per heavy atom. The zero-order chi connectivity index (χ0) is 17.8. The molecule has 0 aliphatic heterocycles. The fraction of sp³-hybridized carbons (Fsp3) is 0.700. The predicted octanol–water partition coefficient (Wildman–Crippen LogP) is 6.45. The average Bonchev–Trinajstić information content (AvgIpc) is 2.43. The summed E-state index contributed by atoms with van der Waals surface area (Å²) in [6.45, 7) is 18.5. The maximum atomic E-state index is 6.90. The van der Waals surface area contributed by atoms with Crippen molar-refractivity contribution in [3.8, 4) is 11.5 Å². The second-order valence-corrected chi connectivity index (χ2v) is 13.4. The van der Waals surface area contributed by atoms with E-state index in [1.165, 1.54) is 5.56 Å². The van der Waals surface area contributed by atoms with Gasteiger partial charge in [0.2, 0.25) is 0 Å². The monoisotopic (exact) mass is 336 g/mol. The largest absolute Gasteiger partial charge is 0.543 e. The van der Waals surface area contributed by atoms with Crippen LogP contribution in [0.5, 0.6) is 11.5 Å². The third-order valence-corrected chi connectivity index (χ3v) is 10.9. The molecule has 1 rings (SSSR count). The van der Waals surface area contributed by atoms with E-state index < -0.39 is 8.32 Å². The topological polar surface area (TPSA) is 18.5 Å². The molecule has 23 heavy (non-hydrogen) atoms. The molecule has 0 aromatic heterocycles. The first kappa shape index (κ1) is 20.1. The molecule has 0 aliphatic rings. The molecule has 132 valence electrons. The molecular formula is C20H36O2Si. The molecule has 0 N–H and O–H groups in total. The van der Waals surface area contributed by atoms with Gasteiger partial charge < -0.3 is 9.16 Å². The highest BCUT2D eigenvalue weighted by atomic mass is 28.4.